The van der Waals surface area contributed by atoms with E-state index in [0.717, 1.165) is 17.0 Å². The smallest absolute Gasteiger partial charge is 0.384 e. The van der Waals surface area contributed by atoms with Crippen LogP contribution in [0.2, 0.25) is 0 Å². The van der Waals surface area contributed by atoms with Crippen LogP contribution < -0.4 is 16.4 Å². The van der Waals surface area contributed by atoms with Gasteiger partial charge in [0.05, 0.1) is 16.8 Å². The maximum Gasteiger partial charge on any atom is 0.417 e. The maximum atomic E-state index is 13.5. The molecule has 2 aromatic heterocycles. The second kappa shape index (κ2) is 9.42. The summed E-state index contributed by atoms with van der Waals surface area (Å²) < 4.78 is 40.6. The van der Waals surface area contributed by atoms with Crippen molar-refractivity contribution in [2.45, 2.75) is 6.18 Å². The molecule has 0 saturated heterocycles. The third kappa shape index (κ3) is 5.01. The van der Waals surface area contributed by atoms with E-state index in [0.29, 0.717) is 30.4 Å². The molecule has 0 saturated carbocycles. The number of nitrogens with one attached hydrogen (secondary N) is 3. The van der Waals surface area contributed by atoms with Gasteiger partial charge < -0.3 is 16.4 Å². The fraction of sp³-hybridized carbons (Fsp3) is 0.143. The number of anilines is 3. The summed E-state index contributed by atoms with van der Waals surface area (Å²) >= 11 is 0. The largest absolute Gasteiger partial charge is 0.417 e. The van der Waals surface area contributed by atoms with Crippen molar-refractivity contribution in [3.63, 3.8) is 0 Å². The van der Waals surface area contributed by atoms with E-state index in [1.165, 1.54) is 12.1 Å². The first-order valence-corrected chi connectivity index (χ1v) is 9.28. The number of rotatable bonds is 6. The van der Waals surface area contributed by atoms with E-state index in [9.17, 15) is 13.2 Å². The number of nitrogens with zero attached hydrogens (tertiary/aromatic N) is 2. The topological polar surface area (TPSA) is 91.6 Å². The Balaban J connectivity index is 0.00000272. The van der Waals surface area contributed by atoms with Gasteiger partial charge in [-0.05, 0) is 24.3 Å². The van der Waals surface area contributed by atoms with Crippen molar-refractivity contribution in [2.75, 3.05) is 23.7 Å². The van der Waals surface area contributed by atoms with Crippen molar-refractivity contribution in [3.05, 3.63) is 66.2 Å². The molecule has 0 aliphatic carbocycles. The van der Waals surface area contributed by atoms with Crippen LogP contribution in [-0.4, -0.2) is 28.3 Å². The Bertz CT molecular complexity index is 1180. The third-order valence-corrected chi connectivity index (χ3v) is 4.52. The molecule has 0 spiro atoms. The number of alkyl halides is 3. The van der Waals surface area contributed by atoms with Gasteiger partial charge in [-0.15, -0.1) is 0 Å². The van der Waals surface area contributed by atoms with E-state index < -0.39 is 11.7 Å². The van der Waals surface area contributed by atoms with Gasteiger partial charge in [-0.2, -0.15) is 18.3 Å². The minimum absolute atomic E-state index is 0. The molecular formula is C21H19F3N6V. The van der Waals surface area contributed by atoms with Crippen LogP contribution >= 0.6 is 0 Å². The summed E-state index contributed by atoms with van der Waals surface area (Å²) in [6.45, 7) is 0.846. The Labute approximate surface area is 188 Å². The molecule has 0 aliphatic heterocycles. The summed E-state index contributed by atoms with van der Waals surface area (Å²) in [4.78, 5) is 4.43. The molecule has 0 atom stereocenters. The molecule has 31 heavy (non-hydrogen) atoms. The summed E-state index contributed by atoms with van der Waals surface area (Å²) in [5.74, 6) is 0.894. The van der Waals surface area contributed by atoms with E-state index in [1.54, 1.807) is 18.2 Å². The number of benzene rings is 2. The van der Waals surface area contributed by atoms with Gasteiger partial charge in [-0.25, -0.2) is 4.98 Å². The molecule has 0 unspecified atom stereocenters. The maximum absolute atomic E-state index is 13.5. The predicted molar refractivity (Wildman–Crippen MR) is 112 cm³/mol. The predicted octanol–water partition coefficient (Wildman–Crippen LogP) is 4.76. The van der Waals surface area contributed by atoms with Crippen LogP contribution in [0.15, 0.2) is 60.7 Å². The summed E-state index contributed by atoms with van der Waals surface area (Å²) in [7, 11) is 0. The average Bonchev–Trinajstić information content (AvgIpc) is 3.14. The molecule has 0 amide bonds. The van der Waals surface area contributed by atoms with Gasteiger partial charge in [0.1, 0.15) is 5.82 Å². The zero-order chi connectivity index (χ0) is 21.1. The van der Waals surface area contributed by atoms with Crippen LogP contribution in [0.1, 0.15) is 5.56 Å². The van der Waals surface area contributed by atoms with Crippen LogP contribution in [-0.2, 0) is 24.7 Å². The van der Waals surface area contributed by atoms with Gasteiger partial charge in [0, 0.05) is 54.3 Å². The van der Waals surface area contributed by atoms with Gasteiger partial charge >= 0.3 is 6.18 Å². The van der Waals surface area contributed by atoms with Crippen molar-refractivity contribution < 1.29 is 31.7 Å². The summed E-state index contributed by atoms with van der Waals surface area (Å²) in [5, 5.41) is 14.2. The van der Waals surface area contributed by atoms with Crippen molar-refractivity contribution in [1.82, 2.24) is 15.2 Å². The molecule has 5 N–H and O–H groups in total. The van der Waals surface area contributed by atoms with E-state index in [2.05, 4.69) is 25.8 Å². The van der Waals surface area contributed by atoms with Crippen LogP contribution in [0.5, 0.6) is 0 Å². The monoisotopic (exact) mass is 463 g/mol. The number of hydrogen-bond donors (Lipinski definition) is 4. The van der Waals surface area contributed by atoms with Crippen LogP contribution in [0, 0.1) is 0 Å². The first-order chi connectivity index (χ1) is 14.5. The SMILES string of the molecule is NCCNc1cc(Nc2n[nH]c3ccccc23)nc(-c2ccccc2C(F)(F)F)c1.[V]. The Hall–Kier alpha value is -3.01. The van der Waals surface area contributed by atoms with E-state index in [4.69, 9.17) is 5.73 Å². The van der Waals surface area contributed by atoms with E-state index >= 15 is 0 Å². The molecular weight excluding hydrogens is 444 g/mol. The average molecular weight is 463 g/mol. The van der Waals surface area contributed by atoms with Crippen molar-refractivity contribution in [1.29, 1.82) is 0 Å². The fourth-order valence-electron chi connectivity index (χ4n) is 3.18. The normalized spacial score (nSPS) is 11.2. The number of halogens is 3. The summed E-state index contributed by atoms with van der Waals surface area (Å²) in [6.07, 6.45) is -4.50. The first kappa shape index (κ1) is 22.7. The molecule has 2 aromatic carbocycles. The molecule has 4 rings (SSSR count). The number of fused-ring (bicyclic) bond motifs is 1. The Morgan fingerprint density at radius 1 is 1.00 bits per heavy atom. The van der Waals surface area contributed by atoms with Crippen LogP contribution in [0.3, 0.4) is 0 Å². The minimum atomic E-state index is -4.50. The van der Waals surface area contributed by atoms with Crippen molar-refractivity contribution in [2.24, 2.45) is 5.73 Å². The number of nitrogens with two attached hydrogens (primary N) is 1. The molecule has 0 fully saturated rings. The van der Waals surface area contributed by atoms with E-state index in [-0.39, 0.29) is 29.8 Å². The zero-order valence-electron chi connectivity index (χ0n) is 16.2. The number of pyridine rings is 1. The van der Waals surface area contributed by atoms with Crippen LogP contribution in [0.4, 0.5) is 30.5 Å². The number of hydrogen-bond acceptors (Lipinski definition) is 5. The third-order valence-electron chi connectivity index (χ3n) is 4.52. The minimum Gasteiger partial charge on any atom is -0.384 e. The van der Waals surface area contributed by atoms with E-state index in [1.807, 2.05) is 24.3 Å². The van der Waals surface area contributed by atoms with Crippen LogP contribution in [0.25, 0.3) is 22.2 Å². The number of aromatic nitrogens is 3. The van der Waals surface area contributed by atoms with Gasteiger partial charge in [0.2, 0.25) is 0 Å². The Morgan fingerprint density at radius 2 is 1.74 bits per heavy atom. The standard InChI is InChI=1S/C21H19F3N6.V/c22-21(23,24)16-7-3-1-5-14(16)18-11-13(26-10-9-25)12-19(27-18)28-20-15-6-2-4-8-17(15)29-30-20;/h1-8,11-12H,9-10,25H2,(H3,26,27,28,29,30);. The quantitative estimate of drug-likeness (QED) is 0.331. The Kier molecular flexibility index (Phi) is 6.89. The molecule has 10 heteroatoms. The molecule has 1 radical (unpaired) electrons. The summed E-state index contributed by atoms with van der Waals surface area (Å²) in [5.41, 5.74) is 6.43. The van der Waals surface area contributed by atoms with Crippen molar-refractivity contribution in [3.8, 4) is 11.3 Å². The summed E-state index contributed by atoms with van der Waals surface area (Å²) in [6, 6.07) is 16.2. The molecule has 159 valence electrons. The number of aromatic amines is 1. The number of H-pyrrole nitrogens is 1. The zero-order valence-corrected chi connectivity index (χ0v) is 17.6. The van der Waals surface area contributed by atoms with Gasteiger partial charge in [0.15, 0.2) is 5.82 Å². The molecule has 4 aromatic rings. The second-order valence-corrected chi connectivity index (χ2v) is 6.63. The molecule has 0 bridgehead atoms. The first-order valence-electron chi connectivity index (χ1n) is 9.28. The van der Waals surface area contributed by atoms with Gasteiger partial charge in [0.25, 0.3) is 0 Å². The fourth-order valence-corrected chi connectivity index (χ4v) is 3.18. The second-order valence-electron chi connectivity index (χ2n) is 6.63. The Morgan fingerprint density at radius 3 is 2.52 bits per heavy atom. The molecule has 6 nitrogen and oxygen atoms in total. The van der Waals surface area contributed by atoms with Crippen molar-refractivity contribution >= 4 is 28.2 Å². The molecule has 2 heterocycles. The van der Waals surface area contributed by atoms with Gasteiger partial charge in [-0.3, -0.25) is 5.10 Å². The molecule has 0 aliphatic rings. The number of para-hydroxylation sites is 1. The van der Waals surface area contributed by atoms with Gasteiger partial charge in [-0.1, -0.05) is 30.3 Å².